The molecular weight excluding hydrogens is 522 g/mol. The van der Waals surface area contributed by atoms with Crippen molar-refractivity contribution in [3.63, 3.8) is 0 Å². The molecule has 0 bridgehead atoms. The van der Waals surface area contributed by atoms with Crippen LogP contribution in [0.25, 0.3) is 21.2 Å². The molecule has 5 nitrogen and oxygen atoms in total. The first kappa shape index (κ1) is 22.4. The van der Waals surface area contributed by atoms with Crippen LogP contribution in [0.1, 0.15) is 9.67 Å². The molecule has 0 aliphatic heterocycles. The lowest BCUT2D eigenvalue weighted by atomic mass is 10.0. The van der Waals surface area contributed by atoms with Gasteiger partial charge in [0.1, 0.15) is 11.6 Å². The lowest BCUT2D eigenvalue weighted by Gasteiger charge is -2.09. The Morgan fingerprint density at radius 3 is 2.47 bits per heavy atom. The van der Waals surface area contributed by atoms with Gasteiger partial charge in [-0.1, -0.05) is 22.0 Å². The van der Waals surface area contributed by atoms with Crippen LogP contribution in [0.5, 0.6) is 0 Å². The molecule has 10 heteroatoms. The van der Waals surface area contributed by atoms with Crippen LogP contribution in [0.15, 0.2) is 65.1 Å². The van der Waals surface area contributed by atoms with Gasteiger partial charge in [-0.05, 0) is 59.5 Å². The van der Waals surface area contributed by atoms with Crippen LogP contribution >= 0.6 is 27.3 Å². The molecule has 1 heterocycles. The second-order valence-electron chi connectivity index (χ2n) is 7.04. The minimum atomic E-state index is -3.41. The summed E-state index contributed by atoms with van der Waals surface area (Å²) in [5.74, 6) is -1.75. The van der Waals surface area contributed by atoms with Gasteiger partial charge in [0.2, 0.25) is 10.0 Å². The van der Waals surface area contributed by atoms with Crippen molar-refractivity contribution < 1.29 is 22.0 Å². The third kappa shape index (κ3) is 5.14. The number of nitrogens with one attached hydrogen (secondary N) is 2. The first-order chi connectivity index (χ1) is 15.1. The number of anilines is 2. The van der Waals surface area contributed by atoms with E-state index in [4.69, 9.17) is 0 Å². The lowest BCUT2D eigenvalue weighted by Crippen LogP contribution is -2.10. The fraction of sp³-hybridized carbons (Fsp3) is 0.0455. The number of rotatable bonds is 5. The monoisotopic (exact) mass is 536 g/mol. The summed E-state index contributed by atoms with van der Waals surface area (Å²) in [4.78, 5) is 13.2. The average molecular weight is 537 g/mol. The Bertz CT molecular complexity index is 1470. The van der Waals surface area contributed by atoms with E-state index in [1.54, 1.807) is 42.5 Å². The third-order valence-corrected chi connectivity index (χ3v) is 6.61. The molecule has 0 aliphatic rings. The van der Waals surface area contributed by atoms with E-state index in [0.29, 0.717) is 26.3 Å². The number of carbonyl (C=O) groups excluding carboxylic acids is 1. The molecule has 0 saturated carbocycles. The maximum absolute atomic E-state index is 14.2. The standard InChI is InChI=1S/C22H15BrF2N2O3S2/c1-32(29,30)27-16-4-2-12-8-21(31-20(12)11-16)22(28)26-17-7-13(6-14(23)9-17)18-5-3-15(24)10-19(18)25/h2-11,27H,1H3,(H,26,28). The van der Waals surface area contributed by atoms with Gasteiger partial charge in [0.15, 0.2) is 0 Å². The molecule has 0 spiro atoms. The zero-order valence-electron chi connectivity index (χ0n) is 16.4. The third-order valence-electron chi connectivity index (χ3n) is 4.44. The van der Waals surface area contributed by atoms with Crippen LogP contribution in [-0.2, 0) is 10.0 Å². The molecule has 0 atom stereocenters. The van der Waals surface area contributed by atoms with Gasteiger partial charge in [0.25, 0.3) is 5.91 Å². The maximum atomic E-state index is 14.2. The highest BCUT2D eigenvalue weighted by Gasteiger charge is 2.14. The molecule has 1 aromatic heterocycles. The zero-order chi connectivity index (χ0) is 23.0. The van der Waals surface area contributed by atoms with Crippen LogP contribution < -0.4 is 10.0 Å². The number of hydrogen-bond donors (Lipinski definition) is 2. The molecule has 0 radical (unpaired) electrons. The molecule has 32 heavy (non-hydrogen) atoms. The van der Waals surface area contributed by atoms with Gasteiger partial charge in [-0.25, -0.2) is 17.2 Å². The first-order valence-electron chi connectivity index (χ1n) is 9.16. The van der Waals surface area contributed by atoms with E-state index in [-0.39, 0.29) is 11.5 Å². The topological polar surface area (TPSA) is 75.3 Å². The predicted octanol–water partition coefficient (Wildman–Crippen LogP) is 6.23. The van der Waals surface area contributed by atoms with Gasteiger partial charge in [-0.3, -0.25) is 9.52 Å². The number of sulfonamides is 1. The molecule has 0 aliphatic carbocycles. The summed E-state index contributed by atoms with van der Waals surface area (Å²) in [6, 6.07) is 15.0. The summed E-state index contributed by atoms with van der Waals surface area (Å²) in [5, 5.41) is 3.58. The second-order valence-corrected chi connectivity index (χ2v) is 10.8. The van der Waals surface area contributed by atoms with E-state index in [1.165, 1.54) is 23.5 Å². The molecule has 4 rings (SSSR count). The predicted molar refractivity (Wildman–Crippen MR) is 128 cm³/mol. The second kappa shape index (κ2) is 8.61. The molecular formula is C22H15BrF2N2O3S2. The number of amides is 1. The average Bonchev–Trinajstić information content (AvgIpc) is 3.09. The normalized spacial score (nSPS) is 11.5. The molecule has 2 N–H and O–H groups in total. The van der Waals surface area contributed by atoms with Crippen molar-refractivity contribution in [2.24, 2.45) is 0 Å². The van der Waals surface area contributed by atoms with Crippen molar-refractivity contribution in [3.05, 3.63) is 81.6 Å². The van der Waals surface area contributed by atoms with Crippen molar-refractivity contribution >= 4 is 64.7 Å². The minimum absolute atomic E-state index is 0.205. The van der Waals surface area contributed by atoms with Crippen LogP contribution in [0, 0.1) is 11.6 Å². The molecule has 164 valence electrons. The van der Waals surface area contributed by atoms with Gasteiger partial charge in [-0.15, -0.1) is 11.3 Å². The van der Waals surface area contributed by atoms with E-state index in [2.05, 4.69) is 26.0 Å². The van der Waals surface area contributed by atoms with E-state index >= 15 is 0 Å². The maximum Gasteiger partial charge on any atom is 0.265 e. The molecule has 0 saturated heterocycles. The van der Waals surface area contributed by atoms with Gasteiger partial charge in [-0.2, -0.15) is 0 Å². The Labute approximate surface area is 195 Å². The molecule has 0 fully saturated rings. The highest BCUT2D eigenvalue weighted by atomic mass is 79.9. The molecule has 3 aromatic carbocycles. The summed E-state index contributed by atoms with van der Waals surface area (Å²) in [7, 11) is -3.41. The van der Waals surface area contributed by atoms with Crippen molar-refractivity contribution in [2.75, 3.05) is 16.3 Å². The van der Waals surface area contributed by atoms with Gasteiger partial charge in [0.05, 0.1) is 11.1 Å². The summed E-state index contributed by atoms with van der Waals surface area (Å²) in [5.41, 5.74) is 1.52. The molecule has 0 unspecified atom stereocenters. The van der Waals surface area contributed by atoms with Crippen LogP contribution in [0.3, 0.4) is 0 Å². The smallest absolute Gasteiger partial charge is 0.265 e. The number of benzene rings is 3. The van der Waals surface area contributed by atoms with E-state index in [9.17, 15) is 22.0 Å². The van der Waals surface area contributed by atoms with E-state index in [1.807, 2.05) is 0 Å². The quantitative estimate of drug-likeness (QED) is 0.317. The summed E-state index contributed by atoms with van der Waals surface area (Å²) < 4.78 is 54.1. The number of carbonyl (C=O) groups is 1. The van der Waals surface area contributed by atoms with Gasteiger partial charge < -0.3 is 5.32 Å². The Balaban J connectivity index is 1.61. The highest BCUT2D eigenvalue weighted by Crippen LogP contribution is 2.32. The van der Waals surface area contributed by atoms with Crippen LogP contribution in [-0.4, -0.2) is 20.6 Å². The van der Waals surface area contributed by atoms with Crippen LogP contribution in [0.2, 0.25) is 0 Å². The first-order valence-corrected chi connectivity index (χ1v) is 12.7. The van der Waals surface area contributed by atoms with Crippen LogP contribution in [0.4, 0.5) is 20.2 Å². The Morgan fingerprint density at radius 1 is 0.969 bits per heavy atom. The Kier molecular flexibility index (Phi) is 6.02. The lowest BCUT2D eigenvalue weighted by molar-refractivity contribution is 0.103. The number of halogens is 3. The number of fused-ring (bicyclic) bond motifs is 1. The van der Waals surface area contributed by atoms with Crippen molar-refractivity contribution in [2.45, 2.75) is 0 Å². The minimum Gasteiger partial charge on any atom is -0.321 e. The SMILES string of the molecule is CS(=O)(=O)Nc1ccc2cc(C(=O)Nc3cc(Br)cc(-c4ccc(F)cc4F)c3)sc2c1. The molecule has 4 aromatic rings. The van der Waals surface area contributed by atoms with Gasteiger partial charge in [0, 0.05) is 32.2 Å². The highest BCUT2D eigenvalue weighted by molar-refractivity contribution is 9.10. The van der Waals surface area contributed by atoms with Crippen molar-refractivity contribution in [1.29, 1.82) is 0 Å². The fourth-order valence-corrected chi connectivity index (χ4v) is 5.20. The zero-order valence-corrected chi connectivity index (χ0v) is 19.7. The fourth-order valence-electron chi connectivity index (χ4n) is 3.15. The Morgan fingerprint density at radius 2 is 1.75 bits per heavy atom. The summed E-state index contributed by atoms with van der Waals surface area (Å²) in [6.45, 7) is 0. The van der Waals surface area contributed by atoms with Gasteiger partial charge >= 0.3 is 0 Å². The van der Waals surface area contributed by atoms with Crippen molar-refractivity contribution in [1.82, 2.24) is 0 Å². The number of hydrogen-bond acceptors (Lipinski definition) is 4. The molecule has 1 amide bonds. The number of thiophene rings is 1. The van der Waals surface area contributed by atoms with E-state index in [0.717, 1.165) is 22.4 Å². The largest absolute Gasteiger partial charge is 0.321 e. The van der Waals surface area contributed by atoms with E-state index < -0.39 is 21.7 Å². The summed E-state index contributed by atoms with van der Waals surface area (Å²) >= 11 is 4.57. The Hall–Kier alpha value is -2.82. The van der Waals surface area contributed by atoms with Crippen molar-refractivity contribution in [3.8, 4) is 11.1 Å². The summed E-state index contributed by atoms with van der Waals surface area (Å²) in [6.07, 6.45) is 1.06.